The molecule has 0 spiro atoms. The van der Waals surface area contributed by atoms with E-state index in [-0.39, 0.29) is 0 Å². The van der Waals surface area contributed by atoms with Crippen LogP contribution in [0.2, 0.25) is 0 Å². The number of anilines is 1. The van der Waals surface area contributed by atoms with Crippen molar-refractivity contribution in [1.82, 2.24) is 9.47 Å². The lowest BCUT2D eigenvalue weighted by Gasteiger charge is -2.36. The lowest BCUT2D eigenvalue weighted by molar-refractivity contribution is -0.187. The predicted octanol–water partition coefficient (Wildman–Crippen LogP) is 3.82. The number of aromatic nitrogens is 1. The Bertz CT molecular complexity index is 789. The molecule has 150 valence electrons. The summed E-state index contributed by atoms with van der Waals surface area (Å²) in [6, 6.07) is 12.8. The molecule has 0 bridgehead atoms. The SMILES string of the molecule is CCOC(OCC)n1cc(C#N)c(I)c1CN1CCN(c2ccccc2)CC1. The minimum absolute atomic E-state index is 0.494. The molecule has 2 aromatic rings. The molecule has 3 rings (SSSR count). The van der Waals surface area contributed by atoms with Crippen LogP contribution in [0.15, 0.2) is 36.5 Å². The first kappa shape index (κ1) is 21.1. The smallest absolute Gasteiger partial charge is 0.244 e. The van der Waals surface area contributed by atoms with Gasteiger partial charge in [0.2, 0.25) is 6.41 Å². The quantitative estimate of drug-likeness (QED) is 0.413. The van der Waals surface area contributed by atoms with E-state index in [2.05, 4.69) is 68.8 Å². The number of hydrogen-bond donors (Lipinski definition) is 0. The van der Waals surface area contributed by atoms with Gasteiger partial charge in [-0.2, -0.15) is 5.26 Å². The number of rotatable bonds is 8. The molecular formula is C21H27IN4O2. The van der Waals surface area contributed by atoms with Gasteiger partial charge < -0.3 is 14.4 Å². The molecule has 28 heavy (non-hydrogen) atoms. The molecule has 0 amide bonds. The second kappa shape index (κ2) is 10.3. The highest BCUT2D eigenvalue weighted by atomic mass is 127. The Hall–Kier alpha value is -1.60. The fourth-order valence-corrected chi connectivity index (χ4v) is 4.18. The number of nitrogens with zero attached hydrogens (tertiary/aromatic N) is 4. The van der Waals surface area contributed by atoms with Gasteiger partial charge in [-0.25, -0.2) is 0 Å². The van der Waals surface area contributed by atoms with Crippen LogP contribution in [0.1, 0.15) is 31.5 Å². The first-order valence-corrected chi connectivity index (χ1v) is 10.8. The molecule has 1 aromatic heterocycles. The average molecular weight is 494 g/mol. The van der Waals surface area contributed by atoms with Gasteiger partial charge in [-0.1, -0.05) is 18.2 Å². The third-order valence-corrected chi connectivity index (χ3v) is 6.11. The zero-order valence-corrected chi connectivity index (χ0v) is 18.6. The van der Waals surface area contributed by atoms with Gasteiger partial charge in [0, 0.05) is 57.8 Å². The summed E-state index contributed by atoms with van der Waals surface area (Å²) in [4.78, 5) is 4.86. The lowest BCUT2D eigenvalue weighted by Crippen LogP contribution is -2.46. The number of piperazine rings is 1. The van der Waals surface area contributed by atoms with Crippen LogP contribution in [0.4, 0.5) is 5.69 Å². The van der Waals surface area contributed by atoms with E-state index in [1.165, 1.54) is 5.69 Å². The molecule has 0 saturated carbocycles. The minimum Gasteiger partial charge on any atom is -0.369 e. The van der Waals surface area contributed by atoms with Crippen molar-refractivity contribution < 1.29 is 9.47 Å². The summed E-state index contributed by atoms with van der Waals surface area (Å²) in [5.74, 6) is 0. The van der Waals surface area contributed by atoms with Crippen LogP contribution in [-0.4, -0.2) is 48.9 Å². The van der Waals surface area contributed by atoms with E-state index in [0.717, 1.165) is 42.0 Å². The average Bonchev–Trinajstić information content (AvgIpc) is 3.04. The molecule has 2 heterocycles. The van der Waals surface area contributed by atoms with E-state index in [1.807, 2.05) is 24.6 Å². The van der Waals surface area contributed by atoms with E-state index >= 15 is 0 Å². The molecule has 1 aliphatic rings. The van der Waals surface area contributed by atoms with E-state index in [1.54, 1.807) is 0 Å². The van der Waals surface area contributed by atoms with Crippen molar-refractivity contribution in [3.05, 3.63) is 51.4 Å². The van der Waals surface area contributed by atoms with Crippen molar-refractivity contribution in [3.8, 4) is 6.07 Å². The van der Waals surface area contributed by atoms with Crippen molar-refractivity contribution in [2.24, 2.45) is 0 Å². The molecule has 7 heteroatoms. The number of hydrogen-bond acceptors (Lipinski definition) is 5. The summed E-state index contributed by atoms with van der Waals surface area (Å²) >= 11 is 2.27. The van der Waals surface area contributed by atoms with Gasteiger partial charge in [-0.15, -0.1) is 0 Å². The van der Waals surface area contributed by atoms with Crippen LogP contribution in [0.25, 0.3) is 0 Å². The van der Waals surface area contributed by atoms with Crippen LogP contribution < -0.4 is 4.90 Å². The van der Waals surface area contributed by atoms with E-state index in [4.69, 9.17) is 9.47 Å². The molecule has 6 nitrogen and oxygen atoms in total. The van der Waals surface area contributed by atoms with E-state index in [0.29, 0.717) is 18.8 Å². The van der Waals surface area contributed by atoms with Crippen molar-refractivity contribution in [1.29, 1.82) is 5.26 Å². The van der Waals surface area contributed by atoms with Crippen LogP contribution in [0.5, 0.6) is 0 Å². The Morgan fingerprint density at radius 1 is 1.07 bits per heavy atom. The normalized spacial score (nSPS) is 15.2. The Morgan fingerprint density at radius 3 is 2.29 bits per heavy atom. The molecular weight excluding hydrogens is 467 g/mol. The van der Waals surface area contributed by atoms with Crippen LogP contribution in [0.3, 0.4) is 0 Å². The highest BCUT2D eigenvalue weighted by Crippen LogP contribution is 2.27. The van der Waals surface area contributed by atoms with Gasteiger partial charge in [0.05, 0.1) is 14.8 Å². The van der Waals surface area contributed by atoms with Gasteiger partial charge in [0.25, 0.3) is 0 Å². The Kier molecular flexibility index (Phi) is 7.73. The van der Waals surface area contributed by atoms with Crippen molar-refractivity contribution in [2.45, 2.75) is 26.8 Å². The highest BCUT2D eigenvalue weighted by Gasteiger charge is 2.24. The lowest BCUT2D eigenvalue weighted by atomic mass is 10.2. The van der Waals surface area contributed by atoms with Crippen molar-refractivity contribution >= 4 is 28.3 Å². The molecule has 0 radical (unpaired) electrons. The minimum atomic E-state index is -0.494. The molecule has 0 atom stereocenters. The Labute approximate surface area is 180 Å². The maximum absolute atomic E-state index is 9.49. The highest BCUT2D eigenvalue weighted by molar-refractivity contribution is 14.1. The van der Waals surface area contributed by atoms with Crippen LogP contribution in [-0.2, 0) is 16.0 Å². The monoisotopic (exact) mass is 494 g/mol. The van der Waals surface area contributed by atoms with Gasteiger partial charge in [0.1, 0.15) is 6.07 Å². The molecule has 0 N–H and O–H groups in total. The van der Waals surface area contributed by atoms with Crippen molar-refractivity contribution in [3.63, 3.8) is 0 Å². The molecule has 1 fully saturated rings. The van der Waals surface area contributed by atoms with Crippen LogP contribution >= 0.6 is 22.6 Å². The molecule has 1 saturated heterocycles. The fraction of sp³-hybridized carbons (Fsp3) is 0.476. The first-order valence-electron chi connectivity index (χ1n) is 9.72. The van der Waals surface area contributed by atoms with Crippen LogP contribution in [0, 0.1) is 14.9 Å². The summed E-state index contributed by atoms with van der Waals surface area (Å²) in [6.07, 6.45) is 1.36. The summed E-state index contributed by atoms with van der Waals surface area (Å²) in [6.45, 7) is 9.73. The summed E-state index contributed by atoms with van der Waals surface area (Å²) in [5, 5.41) is 9.49. The third-order valence-electron chi connectivity index (χ3n) is 4.90. The van der Waals surface area contributed by atoms with E-state index < -0.39 is 6.41 Å². The number of halogens is 1. The molecule has 0 aliphatic carbocycles. The zero-order chi connectivity index (χ0) is 19.9. The first-order chi connectivity index (χ1) is 13.7. The summed E-state index contributed by atoms with van der Waals surface area (Å²) < 4.78 is 14.5. The maximum atomic E-state index is 9.49. The predicted molar refractivity (Wildman–Crippen MR) is 118 cm³/mol. The topological polar surface area (TPSA) is 53.7 Å². The Balaban J connectivity index is 1.73. The summed E-state index contributed by atoms with van der Waals surface area (Å²) in [5.41, 5.74) is 3.03. The number of benzene rings is 1. The number of ether oxygens (including phenoxy) is 2. The number of nitriles is 1. The van der Waals surface area contributed by atoms with Crippen molar-refractivity contribution in [2.75, 3.05) is 44.3 Å². The molecule has 1 aromatic carbocycles. The second-order valence-electron chi connectivity index (χ2n) is 6.64. The van der Waals surface area contributed by atoms with E-state index in [9.17, 15) is 5.26 Å². The number of para-hydroxylation sites is 1. The summed E-state index contributed by atoms with van der Waals surface area (Å²) in [7, 11) is 0. The van der Waals surface area contributed by atoms with Gasteiger partial charge in [-0.3, -0.25) is 9.47 Å². The fourth-order valence-electron chi connectivity index (χ4n) is 3.47. The van der Waals surface area contributed by atoms with Gasteiger partial charge >= 0.3 is 0 Å². The van der Waals surface area contributed by atoms with Gasteiger partial charge in [0.15, 0.2) is 0 Å². The third kappa shape index (κ3) is 4.87. The standard InChI is InChI=1S/C21H27IN4O2/c1-3-27-21(28-4-2)26-15-17(14-23)20(22)19(26)16-24-10-12-25(13-11-24)18-8-6-5-7-9-18/h5-9,15,21H,3-4,10-13,16H2,1-2H3. The zero-order valence-electron chi connectivity index (χ0n) is 16.5. The maximum Gasteiger partial charge on any atom is 0.244 e. The Morgan fingerprint density at radius 2 is 1.71 bits per heavy atom. The van der Waals surface area contributed by atoms with Gasteiger partial charge in [-0.05, 0) is 48.6 Å². The largest absolute Gasteiger partial charge is 0.369 e. The second-order valence-corrected chi connectivity index (χ2v) is 7.72. The molecule has 1 aliphatic heterocycles. The molecule has 0 unspecified atom stereocenters.